The Balaban J connectivity index is 2.18. The fraction of sp³-hybridized carbons (Fsp3) is 0.182. The summed E-state index contributed by atoms with van der Waals surface area (Å²) < 4.78 is 26.4. The second-order valence-corrected chi connectivity index (χ2v) is 6.75. The predicted octanol–water partition coefficient (Wildman–Crippen LogP) is 1.42. The Kier molecular flexibility index (Phi) is 4.48. The smallest absolute Gasteiger partial charge is 0.335 e. The van der Waals surface area contributed by atoms with E-state index in [9.17, 15) is 13.2 Å². The number of H-pyrrole nitrogens is 1. The molecule has 2 rings (SSSR count). The van der Waals surface area contributed by atoms with Gasteiger partial charge in [0.2, 0.25) is 11.1 Å². The second kappa shape index (κ2) is 6.14. The number of aromatic carboxylic acids is 1. The van der Waals surface area contributed by atoms with Gasteiger partial charge in [0.05, 0.1) is 10.5 Å². The first-order chi connectivity index (χ1) is 9.92. The molecular weight excluding hydrogens is 316 g/mol. The van der Waals surface area contributed by atoms with Gasteiger partial charge in [-0.3, -0.25) is 0 Å². The lowest BCUT2D eigenvalue weighted by atomic mass is 10.2. The van der Waals surface area contributed by atoms with Crippen molar-refractivity contribution in [1.82, 2.24) is 15.2 Å². The molecule has 0 atom stereocenters. The number of aromatic amines is 1. The monoisotopic (exact) mass is 328 g/mol. The molecule has 0 radical (unpaired) electrons. The van der Waals surface area contributed by atoms with Gasteiger partial charge in [0.1, 0.15) is 0 Å². The van der Waals surface area contributed by atoms with Gasteiger partial charge in [0.25, 0.3) is 10.0 Å². The van der Waals surface area contributed by atoms with Crippen LogP contribution in [0.25, 0.3) is 0 Å². The van der Waals surface area contributed by atoms with Gasteiger partial charge in [-0.25, -0.2) is 23.0 Å². The first-order valence-electron chi connectivity index (χ1n) is 5.84. The minimum Gasteiger partial charge on any atom is -0.478 e. The molecule has 3 N–H and O–H groups in total. The maximum absolute atomic E-state index is 12.1. The molecule has 0 aliphatic heterocycles. The van der Waals surface area contributed by atoms with Crippen molar-refractivity contribution < 1.29 is 18.3 Å². The normalized spacial score (nSPS) is 11.3. The zero-order valence-electron chi connectivity index (χ0n) is 10.9. The Labute approximate surface area is 125 Å². The van der Waals surface area contributed by atoms with E-state index < -0.39 is 16.0 Å². The highest BCUT2D eigenvalue weighted by molar-refractivity contribution is 7.99. The van der Waals surface area contributed by atoms with Gasteiger partial charge in [-0.15, -0.1) is 5.10 Å². The van der Waals surface area contributed by atoms with Crippen molar-refractivity contribution in [2.75, 3.05) is 10.5 Å². The van der Waals surface area contributed by atoms with Crippen LogP contribution in [0.1, 0.15) is 17.3 Å². The molecule has 0 saturated heterocycles. The van der Waals surface area contributed by atoms with E-state index in [0.29, 0.717) is 5.16 Å². The van der Waals surface area contributed by atoms with Crippen molar-refractivity contribution in [3.05, 3.63) is 29.8 Å². The van der Waals surface area contributed by atoms with Crippen LogP contribution in [0.15, 0.2) is 34.3 Å². The lowest BCUT2D eigenvalue weighted by molar-refractivity contribution is 0.0696. The minimum absolute atomic E-state index is 0.00765. The van der Waals surface area contributed by atoms with Crippen LogP contribution in [0.4, 0.5) is 5.95 Å². The zero-order chi connectivity index (χ0) is 15.5. The molecule has 21 heavy (non-hydrogen) atoms. The van der Waals surface area contributed by atoms with E-state index in [2.05, 4.69) is 19.9 Å². The minimum atomic E-state index is -3.84. The van der Waals surface area contributed by atoms with Crippen LogP contribution in [0.3, 0.4) is 0 Å². The van der Waals surface area contributed by atoms with Gasteiger partial charge in [-0.1, -0.05) is 18.7 Å². The molecule has 0 fully saturated rings. The molecule has 0 amide bonds. The van der Waals surface area contributed by atoms with E-state index in [-0.39, 0.29) is 16.4 Å². The SMILES string of the molecule is CCSc1n[nH]c(NS(=O)(=O)c2ccc(C(=O)O)cc2)n1. The summed E-state index contributed by atoms with van der Waals surface area (Å²) in [6.07, 6.45) is 0. The third-order valence-corrected chi connectivity index (χ3v) is 4.47. The number of hydrogen-bond donors (Lipinski definition) is 3. The topological polar surface area (TPSA) is 125 Å². The quantitative estimate of drug-likeness (QED) is 0.685. The molecule has 0 unspecified atom stereocenters. The maximum Gasteiger partial charge on any atom is 0.335 e. The van der Waals surface area contributed by atoms with Crippen molar-refractivity contribution >= 4 is 33.7 Å². The Morgan fingerprint density at radius 3 is 2.62 bits per heavy atom. The number of hydrogen-bond acceptors (Lipinski definition) is 6. The molecular formula is C11H12N4O4S2. The highest BCUT2D eigenvalue weighted by Gasteiger charge is 2.17. The van der Waals surface area contributed by atoms with E-state index in [0.717, 1.165) is 5.75 Å². The fourth-order valence-electron chi connectivity index (χ4n) is 1.45. The third-order valence-electron chi connectivity index (χ3n) is 2.38. The standard InChI is InChI=1S/C11H12N4O4S2/c1-2-20-11-12-10(13-14-11)15-21(18,19)8-5-3-7(4-6-8)9(16)17/h3-6H,2H2,1H3,(H,16,17)(H2,12,13,14,15). The summed E-state index contributed by atoms with van der Waals surface area (Å²) in [5.41, 5.74) is 0.00949. The van der Waals surface area contributed by atoms with Crippen molar-refractivity contribution in [3.8, 4) is 0 Å². The van der Waals surface area contributed by atoms with Gasteiger partial charge in [0, 0.05) is 0 Å². The third kappa shape index (κ3) is 3.73. The molecule has 2 aromatic rings. The van der Waals surface area contributed by atoms with Crippen LogP contribution >= 0.6 is 11.8 Å². The largest absolute Gasteiger partial charge is 0.478 e. The summed E-state index contributed by atoms with van der Waals surface area (Å²) in [6, 6.07) is 4.86. The number of anilines is 1. The number of aromatic nitrogens is 3. The number of rotatable bonds is 6. The van der Waals surface area contributed by atoms with Gasteiger partial charge in [-0.05, 0) is 30.0 Å². The Morgan fingerprint density at radius 1 is 1.38 bits per heavy atom. The average molecular weight is 328 g/mol. The van der Waals surface area contributed by atoms with Crippen LogP contribution in [0, 0.1) is 0 Å². The summed E-state index contributed by atoms with van der Waals surface area (Å²) in [4.78, 5) is 14.6. The van der Waals surface area contributed by atoms with Crippen molar-refractivity contribution in [2.45, 2.75) is 17.0 Å². The molecule has 1 heterocycles. The number of nitrogens with zero attached hydrogens (tertiary/aromatic N) is 2. The number of carboxylic acids is 1. The molecule has 0 aliphatic carbocycles. The summed E-state index contributed by atoms with van der Waals surface area (Å²) in [7, 11) is -3.84. The van der Waals surface area contributed by atoms with E-state index in [1.54, 1.807) is 0 Å². The maximum atomic E-state index is 12.1. The average Bonchev–Trinajstić information content (AvgIpc) is 2.86. The number of nitrogens with one attached hydrogen (secondary N) is 2. The van der Waals surface area contributed by atoms with Crippen molar-refractivity contribution in [1.29, 1.82) is 0 Å². The van der Waals surface area contributed by atoms with E-state index in [1.165, 1.54) is 36.0 Å². The molecule has 0 saturated carbocycles. The second-order valence-electron chi connectivity index (χ2n) is 3.83. The van der Waals surface area contributed by atoms with Gasteiger partial charge in [-0.2, -0.15) is 4.98 Å². The Hall–Kier alpha value is -2.07. The van der Waals surface area contributed by atoms with Crippen molar-refractivity contribution in [2.24, 2.45) is 0 Å². The Morgan fingerprint density at radius 2 is 2.05 bits per heavy atom. The number of carboxylic acid groups (broad SMARTS) is 1. The molecule has 10 heteroatoms. The fourth-order valence-corrected chi connectivity index (χ4v) is 2.93. The molecule has 8 nitrogen and oxygen atoms in total. The van der Waals surface area contributed by atoms with E-state index in [1.807, 2.05) is 6.92 Å². The van der Waals surface area contributed by atoms with Crippen LogP contribution in [-0.4, -0.2) is 40.4 Å². The van der Waals surface area contributed by atoms with E-state index >= 15 is 0 Å². The summed E-state index contributed by atoms with van der Waals surface area (Å²) in [6.45, 7) is 1.93. The number of thioether (sulfide) groups is 1. The van der Waals surface area contributed by atoms with Crippen LogP contribution in [0.5, 0.6) is 0 Å². The highest BCUT2D eigenvalue weighted by atomic mass is 32.2. The summed E-state index contributed by atoms with van der Waals surface area (Å²) in [5.74, 6) is -0.350. The first-order valence-corrected chi connectivity index (χ1v) is 8.30. The first kappa shape index (κ1) is 15.3. The number of sulfonamides is 1. The van der Waals surface area contributed by atoms with Gasteiger partial charge < -0.3 is 5.11 Å². The lowest BCUT2D eigenvalue weighted by Gasteiger charge is -2.04. The summed E-state index contributed by atoms with van der Waals surface area (Å²) in [5, 5.41) is 15.5. The number of benzene rings is 1. The van der Waals surface area contributed by atoms with Gasteiger partial charge >= 0.3 is 5.97 Å². The van der Waals surface area contributed by atoms with Gasteiger partial charge in [0.15, 0.2) is 0 Å². The molecule has 1 aromatic carbocycles. The molecule has 0 spiro atoms. The lowest BCUT2D eigenvalue weighted by Crippen LogP contribution is -2.14. The molecule has 1 aromatic heterocycles. The summed E-state index contributed by atoms with van der Waals surface area (Å²) >= 11 is 1.37. The van der Waals surface area contributed by atoms with Crippen LogP contribution in [0.2, 0.25) is 0 Å². The number of carbonyl (C=O) groups is 1. The van der Waals surface area contributed by atoms with E-state index in [4.69, 9.17) is 5.11 Å². The zero-order valence-corrected chi connectivity index (χ0v) is 12.5. The molecule has 112 valence electrons. The molecule has 0 aliphatic rings. The van der Waals surface area contributed by atoms with Crippen LogP contribution in [-0.2, 0) is 10.0 Å². The predicted molar refractivity (Wildman–Crippen MR) is 77.0 cm³/mol. The highest BCUT2D eigenvalue weighted by Crippen LogP contribution is 2.17. The molecule has 0 bridgehead atoms. The van der Waals surface area contributed by atoms with Crippen LogP contribution < -0.4 is 4.72 Å². The Bertz CT molecular complexity index is 740. The van der Waals surface area contributed by atoms with Crippen molar-refractivity contribution in [3.63, 3.8) is 0 Å².